The molecule has 2 amide bonds. The molecule has 208 valence electrons. The van der Waals surface area contributed by atoms with Gasteiger partial charge in [-0.3, -0.25) is 9.59 Å². The molecule has 38 heavy (non-hydrogen) atoms. The van der Waals surface area contributed by atoms with Crippen molar-refractivity contribution in [3.8, 4) is 0 Å². The van der Waals surface area contributed by atoms with Gasteiger partial charge in [-0.05, 0) is 49.1 Å². The Bertz CT molecular complexity index is 1200. The van der Waals surface area contributed by atoms with E-state index in [2.05, 4.69) is 5.32 Å². The molecule has 1 atom stereocenters. The maximum atomic E-state index is 14.7. The van der Waals surface area contributed by atoms with Crippen molar-refractivity contribution in [1.29, 1.82) is 0 Å². The highest BCUT2D eigenvalue weighted by Crippen LogP contribution is 2.24. The molecule has 0 radical (unpaired) electrons. The molecule has 0 saturated heterocycles. The van der Waals surface area contributed by atoms with E-state index in [0.29, 0.717) is 9.87 Å². The first-order valence-electron chi connectivity index (χ1n) is 12.8. The van der Waals surface area contributed by atoms with Crippen molar-refractivity contribution in [3.05, 3.63) is 65.7 Å². The second-order valence-electron chi connectivity index (χ2n) is 9.66. The van der Waals surface area contributed by atoms with Gasteiger partial charge in [0.1, 0.15) is 24.2 Å². The van der Waals surface area contributed by atoms with Crippen molar-refractivity contribution in [2.45, 2.75) is 64.1 Å². The molecule has 1 saturated carbocycles. The normalized spacial score (nSPS) is 15.2. The van der Waals surface area contributed by atoms with Crippen molar-refractivity contribution in [2.75, 3.05) is 24.9 Å². The second kappa shape index (κ2) is 13.1. The van der Waals surface area contributed by atoms with E-state index >= 15 is 0 Å². The molecule has 1 fully saturated rings. The zero-order valence-corrected chi connectivity index (χ0v) is 22.9. The lowest BCUT2D eigenvalue weighted by Crippen LogP contribution is -2.54. The predicted molar refractivity (Wildman–Crippen MR) is 142 cm³/mol. The minimum absolute atomic E-state index is 0.0112. The van der Waals surface area contributed by atoms with Gasteiger partial charge in [-0.15, -0.1) is 0 Å². The fourth-order valence-electron chi connectivity index (χ4n) is 4.61. The van der Waals surface area contributed by atoms with Crippen molar-refractivity contribution >= 4 is 27.7 Å². The van der Waals surface area contributed by atoms with Crippen molar-refractivity contribution in [3.63, 3.8) is 0 Å². The molecular formula is C27H36F2N4O4S. The summed E-state index contributed by atoms with van der Waals surface area (Å²) in [6.45, 7) is 0.986. The fraction of sp³-hybridized carbons (Fsp3) is 0.481. The molecule has 2 aromatic carbocycles. The number of para-hydroxylation sites is 1. The molecule has 3 rings (SSSR count). The standard InChI is InChI=1S/C27H36F2N4O4S/c1-4-24(27(35)30-22-10-6-5-7-11-22)32(18-20-14-16-21(28)17-15-20)26(34)19-33(38(36,37)31(2)3)25-13-9-8-12-23(25)29/h8-9,12-17,22,24H,4-7,10-11,18-19H2,1-3H3,(H,30,35)/t24-/m0/s1. The van der Waals surface area contributed by atoms with E-state index in [4.69, 9.17) is 0 Å². The Balaban J connectivity index is 1.96. The molecule has 0 spiro atoms. The molecule has 1 aliphatic carbocycles. The smallest absolute Gasteiger partial charge is 0.304 e. The highest BCUT2D eigenvalue weighted by Gasteiger charge is 2.35. The summed E-state index contributed by atoms with van der Waals surface area (Å²) in [7, 11) is -1.69. The average molecular weight is 551 g/mol. The van der Waals surface area contributed by atoms with Gasteiger partial charge >= 0.3 is 10.2 Å². The highest BCUT2D eigenvalue weighted by molar-refractivity contribution is 7.90. The molecule has 1 aliphatic rings. The Hall–Kier alpha value is -3.05. The fourth-order valence-corrected chi connectivity index (χ4v) is 5.67. The van der Waals surface area contributed by atoms with E-state index in [1.54, 1.807) is 6.92 Å². The molecule has 2 aromatic rings. The molecule has 0 aliphatic heterocycles. The SMILES string of the molecule is CC[C@@H](C(=O)NC1CCCCC1)N(Cc1ccc(F)cc1)C(=O)CN(c1ccccc1F)S(=O)(=O)N(C)C. The van der Waals surface area contributed by atoms with Crippen LogP contribution < -0.4 is 9.62 Å². The summed E-state index contributed by atoms with van der Waals surface area (Å²) in [5.74, 6) is -2.27. The topological polar surface area (TPSA) is 90.0 Å². The van der Waals surface area contributed by atoms with E-state index in [0.717, 1.165) is 42.5 Å². The number of rotatable bonds is 11. The maximum Gasteiger partial charge on any atom is 0.304 e. The van der Waals surface area contributed by atoms with Crippen molar-refractivity contribution in [1.82, 2.24) is 14.5 Å². The van der Waals surface area contributed by atoms with Gasteiger partial charge in [-0.25, -0.2) is 13.1 Å². The summed E-state index contributed by atoms with van der Waals surface area (Å²) >= 11 is 0. The van der Waals surface area contributed by atoms with Crippen LogP contribution in [-0.2, 0) is 26.3 Å². The summed E-state index contributed by atoms with van der Waals surface area (Å²) in [5, 5.41) is 3.05. The summed E-state index contributed by atoms with van der Waals surface area (Å²) in [4.78, 5) is 28.5. The predicted octanol–water partition coefficient (Wildman–Crippen LogP) is 3.83. The quantitative estimate of drug-likeness (QED) is 0.461. The van der Waals surface area contributed by atoms with Gasteiger partial charge in [0.15, 0.2) is 0 Å². The highest BCUT2D eigenvalue weighted by atomic mass is 32.2. The van der Waals surface area contributed by atoms with E-state index < -0.39 is 40.3 Å². The lowest BCUT2D eigenvalue weighted by molar-refractivity contribution is -0.140. The molecule has 0 unspecified atom stereocenters. The van der Waals surface area contributed by atoms with Crippen LogP contribution >= 0.6 is 0 Å². The number of amides is 2. The number of halogens is 2. The Morgan fingerprint density at radius 1 is 1.00 bits per heavy atom. The first kappa shape index (κ1) is 29.5. The first-order chi connectivity index (χ1) is 18.0. The van der Waals surface area contributed by atoms with Crippen LogP contribution in [0.1, 0.15) is 51.0 Å². The molecule has 0 bridgehead atoms. The summed E-state index contributed by atoms with van der Waals surface area (Å²) in [5.41, 5.74) is 0.285. The van der Waals surface area contributed by atoms with Gasteiger partial charge < -0.3 is 10.2 Å². The molecular weight excluding hydrogens is 514 g/mol. The second-order valence-corrected chi connectivity index (χ2v) is 11.7. The van der Waals surface area contributed by atoms with E-state index in [9.17, 15) is 26.8 Å². The zero-order valence-electron chi connectivity index (χ0n) is 22.1. The van der Waals surface area contributed by atoms with Crippen LogP contribution in [0.4, 0.5) is 14.5 Å². The lowest BCUT2D eigenvalue weighted by Gasteiger charge is -2.35. The Morgan fingerprint density at radius 2 is 1.63 bits per heavy atom. The van der Waals surface area contributed by atoms with E-state index in [1.165, 1.54) is 61.5 Å². The van der Waals surface area contributed by atoms with Gasteiger partial charge in [0, 0.05) is 26.7 Å². The van der Waals surface area contributed by atoms with Crippen LogP contribution in [0.25, 0.3) is 0 Å². The van der Waals surface area contributed by atoms with Gasteiger partial charge in [-0.1, -0.05) is 50.5 Å². The number of carbonyl (C=O) groups is 2. The largest absolute Gasteiger partial charge is 0.352 e. The van der Waals surface area contributed by atoms with E-state index in [-0.39, 0.29) is 30.6 Å². The average Bonchev–Trinajstić information content (AvgIpc) is 2.89. The van der Waals surface area contributed by atoms with Crippen LogP contribution in [0.3, 0.4) is 0 Å². The van der Waals surface area contributed by atoms with Gasteiger partial charge in [0.2, 0.25) is 11.8 Å². The molecule has 8 nitrogen and oxygen atoms in total. The van der Waals surface area contributed by atoms with Crippen LogP contribution in [0.2, 0.25) is 0 Å². The summed E-state index contributed by atoms with van der Waals surface area (Å²) in [6, 6.07) is 9.91. The van der Waals surface area contributed by atoms with Crippen LogP contribution in [-0.4, -0.2) is 62.2 Å². The van der Waals surface area contributed by atoms with Gasteiger partial charge in [-0.2, -0.15) is 12.7 Å². The molecule has 0 heterocycles. The lowest BCUT2D eigenvalue weighted by atomic mass is 9.95. The number of anilines is 1. The maximum absolute atomic E-state index is 14.7. The summed E-state index contributed by atoms with van der Waals surface area (Å²) in [6.07, 6.45) is 5.13. The molecule has 11 heteroatoms. The van der Waals surface area contributed by atoms with Gasteiger partial charge in [0.05, 0.1) is 5.69 Å². The van der Waals surface area contributed by atoms with Crippen molar-refractivity contribution < 1.29 is 26.8 Å². The number of nitrogens with one attached hydrogen (secondary N) is 1. The number of hydrogen-bond acceptors (Lipinski definition) is 4. The van der Waals surface area contributed by atoms with Gasteiger partial charge in [0.25, 0.3) is 0 Å². The summed E-state index contributed by atoms with van der Waals surface area (Å²) < 4.78 is 56.2. The van der Waals surface area contributed by atoms with Crippen LogP contribution in [0, 0.1) is 11.6 Å². The monoisotopic (exact) mass is 550 g/mol. The van der Waals surface area contributed by atoms with Crippen LogP contribution in [0.5, 0.6) is 0 Å². The zero-order chi connectivity index (χ0) is 27.9. The number of hydrogen-bond donors (Lipinski definition) is 1. The Kier molecular flexibility index (Phi) is 10.2. The molecule has 1 N–H and O–H groups in total. The number of benzene rings is 2. The molecule has 0 aromatic heterocycles. The minimum atomic E-state index is -4.27. The van der Waals surface area contributed by atoms with Crippen molar-refractivity contribution in [2.24, 2.45) is 0 Å². The minimum Gasteiger partial charge on any atom is -0.352 e. The Labute approximate surface area is 223 Å². The third-order valence-electron chi connectivity index (χ3n) is 6.74. The first-order valence-corrected chi connectivity index (χ1v) is 14.2. The van der Waals surface area contributed by atoms with E-state index in [1.807, 2.05) is 0 Å². The number of carbonyl (C=O) groups excluding carboxylic acids is 2. The third-order valence-corrected chi connectivity index (χ3v) is 8.55. The number of nitrogens with zero attached hydrogens (tertiary/aromatic N) is 3. The Morgan fingerprint density at radius 3 is 2.21 bits per heavy atom. The third kappa shape index (κ3) is 7.28. The van der Waals surface area contributed by atoms with Crippen LogP contribution in [0.15, 0.2) is 48.5 Å².